The van der Waals surface area contributed by atoms with E-state index in [0.29, 0.717) is 25.8 Å². The number of hydrogen-bond acceptors (Lipinski definition) is 4. The van der Waals surface area contributed by atoms with Gasteiger partial charge in [0.15, 0.2) is 0 Å². The second-order valence-electron chi connectivity index (χ2n) is 8.19. The zero-order valence-corrected chi connectivity index (χ0v) is 15.3. The second-order valence-corrected chi connectivity index (χ2v) is 8.19. The van der Waals surface area contributed by atoms with Crippen LogP contribution in [-0.2, 0) is 9.53 Å². The molecule has 1 saturated heterocycles. The largest absolute Gasteiger partial charge is 0.393 e. The smallest absolute Gasteiger partial charge is 0.236 e. The van der Waals surface area contributed by atoms with Crippen LogP contribution in [0, 0.1) is 11.8 Å². The molecule has 3 aliphatic rings. The molecule has 0 radical (unpaired) electrons. The van der Waals surface area contributed by atoms with Crippen LogP contribution in [0.5, 0.6) is 0 Å². The first-order chi connectivity index (χ1) is 11.6. The summed E-state index contributed by atoms with van der Waals surface area (Å²) in [7, 11) is 1.98. The van der Waals surface area contributed by atoms with Crippen LogP contribution in [0.15, 0.2) is 0 Å². The number of hydrogen-bond donors (Lipinski definition) is 1. The lowest BCUT2D eigenvalue weighted by molar-refractivity contribution is -0.137. The number of ether oxygens (including phenoxy) is 1. The zero-order chi connectivity index (χ0) is 17.1. The summed E-state index contributed by atoms with van der Waals surface area (Å²) >= 11 is 0. The fourth-order valence-corrected chi connectivity index (χ4v) is 4.78. The van der Waals surface area contributed by atoms with Gasteiger partial charge in [-0.1, -0.05) is 13.3 Å². The van der Waals surface area contributed by atoms with Gasteiger partial charge in [-0.15, -0.1) is 0 Å². The molecule has 2 aliphatic carbocycles. The predicted molar refractivity (Wildman–Crippen MR) is 93.7 cm³/mol. The van der Waals surface area contributed by atoms with E-state index in [0.717, 1.165) is 44.6 Å². The van der Waals surface area contributed by atoms with Gasteiger partial charge in [0.05, 0.1) is 25.9 Å². The molecule has 0 aromatic heterocycles. The van der Waals surface area contributed by atoms with Gasteiger partial charge in [0, 0.05) is 31.6 Å². The summed E-state index contributed by atoms with van der Waals surface area (Å²) in [5, 5.41) is 10.3. The Morgan fingerprint density at radius 2 is 1.96 bits per heavy atom. The number of carbonyl (C=O) groups is 1. The van der Waals surface area contributed by atoms with Crippen LogP contribution >= 0.6 is 0 Å². The van der Waals surface area contributed by atoms with Crippen LogP contribution < -0.4 is 0 Å². The van der Waals surface area contributed by atoms with Crippen molar-refractivity contribution in [2.75, 3.05) is 33.4 Å². The molecule has 1 amide bonds. The van der Waals surface area contributed by atoms with Crippen molar-refractivity contribution in [1.29, 1.82) is 0 Å². The molecule has 2 saturated carbocycles. The minimum atomic E-state index is -0.230. The van der Waals surface area contributed by atoms with Gasteiger partial charge >= 0.3 is 0 Å². The van der Waals surface area contributed by atoms with Gasteiger partial charge in [-0.2, -0.15) is 0 Å². The fraction of sp³-hybridized carbons (Fsp3) is 0.947. The Kier molecular flexibility index (Phi) is 6.17. The molecular weight excluding hydrogens is 304 g/mol. The molecule has 1 aliphatic heterocycles. The molecule has 5 heteroatoms. The van der Waals surface area contributed by atoms with Gasteiger partial charge in [0.1, 0.15) is 0 Å². The van der Waals surface area contributed by atoms with Crippen LogP contribution in [-0.4, -0.2) is 72.4 Å². The quantitative estimate of drug-likeness (QED) is 0.850. The molecule has 3 rings (SSSR count). The van der Waals surface area contributed by atoms with Crippen molar-refractivity contribution in [2.45, 2.75) is 70.1 Å². The van der Waals surface area contributed by atoms with Crippen molar-refractivity contribution >= 4 is 5.91 Å². The topological polar surface area (TPSA) is 53.0 Å². The van der Waals surface area contributed by atoms with Crippen molar-refractivity contribution in [2.24, 2.45) is 11.8 Å². The Morgan fingerprint density at radius 1 is 1.21 bits per heavy atom. The summed E-state index contributed by atoms with van der Waals surface area (Å²) in [4.78, 5) is 17.1. The maximum absolute atomic E-state index is 12.8. The van der Waals surface area contributed by atoms with E-state index < -0.39 is 0 Å². The van der Waals surface area contributed by atoms with Crippen LogP contribution in [0.25, 0.3) is 0 Å². The minimum Gasteiger partial charge on any atom is -0.393 e. The van der Waals surface area contributed by atoms with Gasteiger partial charge in [-0.05, 0) is 44.4 Å². The maximum Gasteiger partial charge on any atom is 0.236 e. The predicted octanol–water partition coefficient (Wildman–Crippen LogP) is 1.89. The van der Waals surface area contributed by atoms with Crippen molar-refractivity contribution in [1.82, 2.24) is 9.80 Å². The highest BCUT2D eigenvalue weighted by Gasteiger charge is 2.38. The summed E-state index contributed by atoms with van der Waals surface area (Å²) in [5.41, 5.74) is 0. The lowest BCUT2D eigenvalue weighted by atomic mass is 9.86. The first-order valence-electron chi connectivity index (χ1n) is 9.81. The first kappa shape index (κ1) is 18.2. The number of likely N-dealkylation sites (N-methyl/N-ethyl adjacent to an activating group) is 1. The Labute approximate surface area is 146 Å². The van der Waals surface area contributed by atoms with Crippen molar-refractivity contribution in [3.63, 3.8) is 0 Å². The van der Waals surface area contributed by atoms with E-state index in [1.54, 1.807) is 0 Å². The summed E-state index contributed by atoms with van der Waals surface area (Å²) in [5.74, 6) is 1.30. The summed E-state index contributed by atoms with van der Waals surface area (Å²) in [6.07, 6.45) is 7.54. The lowest BCUT2D eigenvalue weighted by Gasteiger charge is -2.41. The molecular formula is C19H34N2O3. The summed E-state index contributed by atoms with van der Waals surface area (Å²) in [6, 6.07) is 0.602. The molecule has 1 N–H and O–H groups in total. The Balaban J connectivity index is 1.57. The molecule has 0 bridgehead atoms. The first-order valence-corrected chi connectivity index (χ1v) is 9.81. The molecule has 0 spiro atoms. The lowest BCUT2D eigenvalue weighted by Crippen LogP contribution is -2.55. The van der Waals surface area contributed by atoms with E-state index in [1.807, 2.05) is 11.9 Å². The standard InChI is InChI=1S/C19H34N2O3/c1-14-6-8-15(9-7-14)20(2)19(23)12-21-10-11-24-13-17(21)16-4-3-5-18(16)22/h14-18,22H,3-13H2,1-2H3/t14?,15?,16-,17+,18-/m0/s1. The minimum absolute atomic E-state index is 0.194. The number of aliphatic hydroxyl groups excluding tert-OH is 1. The van der Waals surface area contributed by atoms with Crippen molar-refractivity contribution < 1.29 is 14.6 Å². The third-order valence-corrected chi connectivity index (χ3v) is 6.57. The molecule has 1 heterocycles. The van der Waals surface area contributed by atoms with E-state index in [2.05, 4.69) is 11.8 Å². The van der Waals surface area contributed by atoms with E-state index in [9.17, 15) is 9.90 Å². The van der Waals surface area contributed by atoms with Crippen LogP contribution in [0.4, 0.5) is 0 Å². The molecule has 0 aromatic rings. The number of amides is 1. The summed E-state index contributed by atoms with van der Waals surface area (Å²) < 4.78 is 5.67. The molecule has 24 heavy (non-hydrogen) atoms. The van der Waals surface area contributed by atoms with Gasteiger partial charge in [0.25, 0.3) is 0 Å². The van der Waals surface area contributed by atoms with Crippen molar-refractivity contribution in [3.8, 4) is 0 Å². The van der Waals surface area contributed by atoms with Crippen molar-refractivity contribution in [3.05, 3.63) is 0 Å². The molecule has 0 unspecified atom stereocenters. The molecule has 0 aromatic carbocycles. The maximum atomic E-state index is 12.8. The molecule has 5 nitrogen and oxygen atoms in total. The molecule has 138 valence electrons. The number of morpholine rings is 1. The third-order valence-electron chi connectivity index (χ3n) is 6.57. The van der Waals surface area contributed by atoms with Gasteiger partial charge in [0.2, 0.25) is 5.91 Å². The Hall–Kier alpha value is -0.650. The highest BCUT2D eigenvalue weighted by atomic mass is 16.5. The number of aliphatic hydroxyl groups is 1. The normalized spacial score (nSPS) is 38.2. The number of carbonyl (C=O) groups excluding carboxylic acids is 1. The van der Waals surface area contributed by atoms with E-state index in [1.165, 1.54) is 12.8 Å². The molecule has 3 fully saturated rings. The monoisotopic (exact) mass is 338 g/mol. The summed E-state index contributed by atoms with van der Waals surface area (Å²) in [6.45, 7) is 4.93. The van der Waals surface area contributed by atoms with Crippen LogP contribution in [0.3, 0.4) is 0 Å². The van der Waals surface area contributed by atoms with Gasteiger partial charge < -0.3 is 14.7 Å². The molecule has 3 atom stereocenters. The SMILES string of the molecule is CC1CCC(N(C)C(=O)CN2CCOC[C@@H]2[C@@H]2CCC[C@@H]2O)CC1. The van der Waals surface area contributed by atoms with Crippen LogP contribution in [0.2, 0.25) is 0 Å². The third kappa shape index (κ3) is 4.12. The fourth-order valence-electron chi connectivity index (χ4n) is 4.78. The number of nitrogens with zero attached hydrogens (tertiary/aromatic N) is 2. The average Bonchev–Trinajstić information content (AvgIpc) is 3.01. The Morgan fingerprint density at radius 3 is 2.62 bits per heavy atom. The van der Waals surface area contributed by atoms with Gasteiger partial charge in [-0.25, -0.2) is 0 Å². The average molecular weight is 338 g/mol. The van der Waals surface area contributed by atoms with E-state index in [-0.39, 0.29) is 24.0 Å². The second kappa shape index (κ2) is 8.15. The Bertz CT molecular complexity index is 423. The van der Waals surface area contributed by atoms with E-state index >= 15 is 0 Å². The van der Waals surface area contributed by atoms with Crippen LogP contribution in [0.1, 0.15) is 51.9 Å². The highest BCUT2D eigenvalue weighted by Crippen LogP contribution is 2.32. The zero-order valence-electron chi connectivity index (χ0n) is 15.3. The highest BCUT2D eigenvalue weighted by molar-refractivity contribution is 5.78. The van der Waals surface area contributed by atoms with Gasteiger partial charge in [-0.3, -0.25) is 9.69 Å². The number of rotatable bonds is 4. The van der Waals surface area contributed by atoms with E-state index in [4.69, 9.17) is 4.74 Å².